The smallest absolute Gasteiger partial charge is 0.328 e. The molecule has 3 atom stereocenters. The Bertz CT molecular complexity index is 1450. The lowest BCUT2D eigenvalue weighted by Gasteiger charge is -2.32. The molecule has 200 valence electrons. The van der Waals surface area contributed by atoms with Crippen LogP contribution in [0.5, 0.6) is 0 Å². The molecule has 5 rings (SSSR count). The van der Waals surface area contributed by atoms with Gasteiger partial charge in [-0.25, -0.2) is 9.78 Å². The number of fused-ring (bicyclic) bond motifs is 1. The van der Waals surface area contributed by atoms with Crippen LogP contribution in [0.4, 0.5) is 5.69 Å². The molecule has 0 saturated heterocycles. The lowest BCUT2D eigenvalue weighted by Crippen LogP contribution is -2.43. The quantitative estimate of drug-likeness (QED) is 0.207. The fourth-order valence-electron chi connectivity index (χ4n) is 4.59. The average molecular weight is 599 g/mol. The number of halogens is 2. The Balaban J connectivity index is 1.42. The molecule has 3 unspecified atom stereocenters. The highest BCUT2D eigenvalue weighted by molar-refractivity contribution is 7.99. The maximum atomic E-state index is 13.0. The zero-order chi connectivity index (χ0) is 27.4. The van der Waals surface area contributed by atoms with E-state index >= 15 is 0 Å². The zero-order valence-electron chi connectivity index (χ0n) is 20.9. The molecule has 6 nitrogen and oxygen atoms in total. The number of rotatable bonds is 8. The number of methoxy groups -OCH3 is 1. The molecule has 0 radical (unpaired) electrons. The van der Waals surface area contributed by atoms with Crippen LogP contribution in [0.2, 0.25) is 10.0 Å². The number of anilines is 1. The maximum Gasteiger partial charge on any atom is 0.328 e. The van der Waals surface area contributed by atoms with Gasteiger partial charge in [0.15, 0.2) is 0 Å². The van der Waals surface area contributed by atoms with Gasteiger partial charge in [0.2, 0.25) is 0 Å². The summed E-state index contributed by atoms with van der Waals surface area (Å²) in [5, 5.41) is 10.0. The summed E-state index contributed by atoms with van der Waals surface area (Å²) in [6.45, 7) is 0. The lowest BCUT2D eigenvalue weighted by molar-refractivity contribution is -0.142. The molecule has 0 saturated carbocycles. The number of thioether (sulfide) groups is 1. The SMILES string of the molecule is COC(=O)C(Cc1ccc2c(c1)C(Sc1ccccc1)CC(c1nccs1)N2)NC(=O)c1c(Cl)cccc1Cl. The summed E-state index contributed by atoms with van der Waals surface area (Å²) in [7, 11) is 1.30. The number of nitrogens with zero attached hydrogens (tertiary/aromatic N) is 1. The Morgan fingerprint density at radius 1 is 1.13 bits per heavy atom. The molecule has 10 heteroatoms. The maximum absolute atomic E-state index is 13.0. The second-order valence-electron chi connectivity index (χ2n) is 8.99. The predicted octanol–water partition coefficient (Wildman–Crippen LogP) is 7.35. The number of esters is 1. The fraction of sp³-hybridized carbons (Fsp3) is 0.207. The highest BCUT2D eigenvalue weighted by atomic mass is 35.5. The molecular weight excluding hydrogens is 573 g/mol. The average Bonchev–Trinajstić information content (AvgIpc) is 3.48. The molecule has 1 aliphatic rings. The summed E-state index contributed by atoms with van der Waals surface area (Å²) in [4.78, 5) is 31.5. The number of hydrogen-bond donors (Lipinski definition) is 2. The summed E-state index contributed by atoms with van der Waals surface area (Å²) in [5.41, 5.74) is 3.18. The van der Waals surface area contributed by atoms with Crippen molar-refractivity contribution in [2.45, 2.75) is 35.1 Å². The highest BCUT2D eigenvalue weighted by Gasteiger charge is 2.31. The minimum atomic E-state index is -0.923. The Hall–Kier alpha value is -3.04. The first kappa shape index (κ1) is 27.5. The van der Waals surface area contributed by atoms with Gasteiger partial charge in [-0.1, -0.05) is 59.6 Å². The van der Waals surface area contributed by atoms with Crippen LogP contribution >= 0.6 is 46.3 Å². The normalized spacial score (nSPS) is 17.0. The predicted molar refractivity (Wildman–Crippen MR) is 158 cm³/mol. The van der Waals surface area contributed by atoms with E-state index in [1.807, 2.05) is 41.9 Å². The van der Waals surface area contributed by atoms with Crippen molar-refractivity contribution in [2.75, 3.05) is 12.4 Å². The van der Waals surface area contributed by atoms with Gasteiger partial charge in [0.25, 0.3) is 5.91 Å². The minimum Gasteiger partial charge on any atom is -0.467 e. The fourth-order valence-corrected chi connectivity index (χ4v) is 7.11. The van der Waals surface area contributed by atoms with Crippen molar-refractivity contribution < 1.29 is 14.3 Å². The standard InChI is InChI=1S/C29H25Cl2N3O3S2/c1-37-29(36)24(34-27(35)26-20(30)8-5-9-21(26)31)15-17-10-11-22-19(14-17)25(39-18-6-3-2-4-7-18)16-23(33-22)28-32-12-13-38-28/h2-14,23-25,33H,15-16H2,1H3,(H,34,35). The molecule has 1 amide bonds. The van der Waals surface area contributed by atoms with Crippen LogP contribution in [0.1, 0.15) is 44.2 Å². The van der Waals surface area contributed by atoms with E-state index in [0.717, 1.165) is 28.2 Å². The third-order valence-corrected chi connectivity index (χ3v) is 9.23. The zero-order valence-corrected chi connectivity index (χ0v) is 24.0. The number of aromatic nitrogens is 1. The monoisotopic (exact) mass is 597 g/mol. The molecule has 1 aliphatic heterocycles. The molecule has 0 spiro atoms. The van der Waals surface area contributed by atoms with E-state index in [9.17, 15) is 9.59 Å². The molecule has 2 heterocycles. The van der Waals surface area contributed by atoms with E-state index in [2.05, 4.69) is 33.8 Å². The summed E-state index contributed by atoms with van der Waals surface area (Å²) in [6.07, 6.45) is 2.93. The van der Waals surface area contributed by atoms with Gasteiger partial charge in [-0.15, -0.1) is 23.1 Å². The molecule has 0 fully saturated rings. The second-order valence-corrected chi connectivity index (χ2v) is 12.0. The first-order valence-electron chi connectivity index (χ1n) is 12.3. The summed E-state index contributed by atoms with van der Waals surface area (Å²) in [6, 6.07) is 20.4. The van der Waals surface area contributed by atoms with Gasteiger partial charge < -0.3 is 15.4 Å². The van der Waals surface area contributed by atoms with Gasteiger partial charge in [-0.05, 0) is 47.9 Å². The largest absolute Gasteiger partial charge is 0.467 e. The minimum absolute atomic E-state index is 0.104. The van der Waals surface area contributed by atoms with E-state index in [1.54, 1.807) is 41.3 Å². The second kappa shape index (κ2) is 12.4. The van der Waals surface area contributed by atoms with Crippen LogP contribution in [0.25, 0.3) is 0 Å². The number of benzene rings is 3. The molecular formula is C29H25Cl2N3O3S2. The molecule has 1 aromatic heterocycles. The van der Waals surface area contributed by atoms with E-state index in [1.165, 1.54) is 12.0 Å². The van der Waals surface area contributed by atoms with Gasteiger partial charge in [0, 0.05) is 33.8 Å². The van der Waals surface area contributed by atoms with Gasteiger partial charge in [0.05, 0.1) is 28.8 Å². The molecule has 3 aromatic carbocycles. The van der Waals surface area contributed by atoms with Crippen molar-refractivity contribution in [2.24, 2.45) is 0 Å². The van der Waals surface area contributed by atoms with Crippen LogP contribution in [-0.2, 0) is 16.0 Å². The number of hydrogen-bond acceptors (Lipinski definition) is 7. The van der Waals surface area contributed by atoms with Crippen molar-refractivity contribution in [1.82, 2.24) is 10.3 Å². The summed E-state index contributed by atoms with van der Waals surface area (Å²) < 4.78 is 5.01. The molecule has 0 aliphatic carbocycles. The summed E-state index contributed by atoms with van der Waals surface area (Å²) >= 11 is 15.9. The van der Waals surface area contributed by atoms with Crippen molar-refractivity contribution in [1.29, 1.82) is 0 Å². The Morgan fingerprint density at radius 2 is 1.90 bits per heavy atom. The molecule has 0 bridgehead atoms. The Morgan fingerprint density at radius 3 is 2.59 bits per heavy atom. The van der Waals surface area contributed by atoms with Crippen LogP contribution in [0.15, 0.2) is 83.2 Å². The number of carbonyl (C=O) groups excluding carboxylic acids is 2. The van der Waals surface area contributed by atoms with Crippen LogP contribution in [0.3, 0.4) is 0 Å². The van der Waals surface area contributed by atoms with Gasteiger partial charge in [0.1, 0.15) is 11.0 Å². The van der Waals surface area contributed by atoms with Crippen molar-refractivity contribution in [3.63, 3.8) is 0 Å². The first-order valence-corrected chi connectivity index (χ1v) is 14.8. The topological polar surface area (TPSA) is 80.3 Å². The molecule has 4 aromatic rings. The number of carbonyl (C=O) groups is 2. The van der Waals surface area contributed by atoms with Crippen LogP contribution in [0, 0.1) is 0 Å². The number of nitrogens with one attached hydrogen (secondary N) is 2. The van der Waals surface area contributed by atoms with Crippen LogP contribution in [-0.4, -0.2) is 30.0 Å². The number of ether oxygens (including phenoxy) is 1. The van der Waals surface area contributed by atoms with Gasteiger partial charge >= 0.3 is 5.97 Å². The van der Waals surface area contributed by atoms with Gasteiger partial charge in [-0.3, -0.25) is 4.79 Å². The van der Waals surface area contributed by atoms with E-state index < -0.39 is 17.9 Å². The van der Waals surface area contributed by atoms with Crippen molar-refractivity contribution in [3.8, 4) is 0 Å². The van der Waals surface area contributed by atoms with Crippen molar-refractivity contribution in [3.05, 3.63) is 110 Å². The van der Waals surface area contributed by atoms with E-state index in [0.29, 0.717) is 0 Å². The number of thiazole rings is 1. The molecule has 2 N–H and O–H groups in total. The highest BCUT2D eigenvalue weighted by Crippen LogP contribution is 2.49. The van der Waals surface area contributed by atoms with Crippen molar-refractivity contribution >= 4 is 63.9 Å². The van der Waals surface area contributed by atoms with E-state index in [4.69, 9.17) is 27.9 Å². The summed E-state index contributed by atoms with van der Waals surface area (Å²) in [5.74, 6) is -1.09. The third-order valence-electron chi connectivity index (χ3n) is 6.43. The third kappa shape index (κ3) is 6.41. The Labute approximate surface area is 245 Å². The molecule has 39 heavy (non-hydrogen) atoms. The van der Waals surface area contributed by atoms with E-state index in [-0.39, 0.29) is 33.3 Å². The van der Waals surface area contributed by atoms with Crippen LogP contribution < -0.4 is 10.6 Å². The first-order chi connectivity index (χ1) is 18.9. The lowest BCUT2D eigenvalue weighted by atomic mass is 9.94. The number of amides is 1. The van der Waals surface area contributed by atoms with Gasteiger partial charge in [-0.2, -0.15) is 0 Å². The Kier molecular flexibility index (Phi) is 8.77.